The lowest BCUT2D eigenvalue weighted by Gasteiger charge is -2.10. The fourth-order valence-corrected chi connectivity index (χ4v) is 3.01. The lowest BCUT2D eigenvalue weighted by Crippen LogP contribution is -2.19. The van der Waals surface area contributed by atoms with Crippen LogP contribution in [0.5, 0.6) is 0 Å². The van der Waals surface area contributed by atoms with E-state index in [0.29, 0.717) is 0 Å². The molecule has 0 saturated heterocycles. The molecule has 15 heavy (non-hydrogen) atoms. The predicted octanol–water partition coefficient (Wildman–Crippen LogP) is 2.95. The monoisotopic (exact) mass is 222 g/mol. The molecule has 2 unspecified atom stereocenters. The second-order valence-corrected chi connectivity index (χ2v) is 5.62. The van der Waals surface area contributed by atoms with Crippen molar-refractivity contribution in [2.45, 2.75) is 29.9 Å². The molecule has 0 bridgehead atoms. The standard InChI is InChI=1S/C12H14O2S/c1-8-3-5-10(6-4-8)15-12(11(13)14)7-9(12)2/h3-6,9H,7H2,1-2H3,(H,13,14). The minimum atomic E-state index is -0.680. The van der Waals surface area contributed by atoms with Crippen LogP contribution in [0.15, 0.2) is 29.2 Å². The zero-order valence-electron chi connectivity index (χ0n) is 8.86. The number of carbonyl (C=O) groups is 1. The number of aryl methyl sites for hydroxylation is 1. The fraction of sp³-hybridized carbons (Fsp3) is 0.417. The van der Waals surface area contributed by atoms with Gasteiger partial charge in [0.15, 0.2) is 0 Å². The van der Waals surface area contributed by atoms with E-state index in [0.717, 1.165) is 11.3 Å². The van der Waals surface area contributed by atoms with Gasteiger partial charge in [-0.15, -0.1) is 11.8 Å². The summed E-state index contributed by atoms with van der Waals surface area (Å²) in [5.41, 5.74) is 1.20. The molecule has 1 aliphatic rings. The lowest BCUT2D eigenvalue weighted by atomic mass is 10.2. The molecular weight excluding hydrogens is 208 g/mol. The molecule has 2 atom stereocenters. The summed E-state index contributed by atoms with van der Waals surface area (Å²) in [4.78, 5) is 12.2. The lowest BCUT2D eigenvalue weighted by molar-refractivity contribution is -0.137. The van der Waals surface area contributed by atoms with Gasteiger partial charge in [-0.1, -0.05) is 24.6 Å². The zero-order valence-corrected chi connectivity index (χ0v) is 9.67. The van der Waals surface area contributed by atoms with Gasteiger partial charge >= 0.3 is 5.97 Å². The highest BCUT2D eigenvalue weighted by atomic mass is 32.2. The Morgan fingerprint density at radius 1 is 1.47 bits per heavy atom. The second kappa shape index (κ2) is 3.56. The summed E-state index contributed by atoms with van der Waals surface area (Å²) in [5.74, 6) is -0.401. The molecule has 3 heteroatoms. The summed E-state index contributed by atoms with van der Waals surface area (Å²) in [5, 5.41) is 9.17. The molecule has 80 valence electrons. The average Bonchev–Trinajstić information content (AvgIpc) is 2.82. The summed E-state index contributed by atoms with van der Waals surface area (Å²) in [6.45, 7) is 4.02. The zero-order chi connectivity index (χ0) is 11.1. The number of hydrogen-bond acceptors (Lipinski definition) is 2. The van der Waals surface area contributed by atoms with Gasteiger partial charge in [0.05, 0.1) is 0 Å². The van der Waals surface area contributed by atoms with E-state index < -0.39 is 10.7 Å². The third-order valence-corrected chi connectivity index (χ3v) is 4.54. The Balaban J connectivity index is 2.15. The van der Waals surface area contributed by atoms with E-state index in [-0.39, 0.29) is 5.92 Å². The molecule has 0 amide bonds. The topological polar surface area (TPSA) is 37.3 Å². The average molecular weight is 222 g/mol. The first kappa shape index (κ1) is 10.6. The molecule has 2 rings (SSSR count). The third kappa shape index (κ3) is 1.88. The Kier molecular flexibility index (Phi) is 2.51. The van der Waals surface area contributed by atoms with Crippen molar-refractivity contribution in [3.8, 4) is 0 Å². The number of carboxylic acid groups (broad SMARTS) is 1. The predicted molar refractivity (Wildman–Crippen MR) is 61.2 cm³/mol. The van der Waals surface area contributed by atoms with Crippen molar-refractivity contribution in [3.63, 3.8) is 0 Å². The van der Waals surface area contributed by atoms with Crippen molar-refractivity contribution in [1.29, 1.82) is 0 Å². The molecule has 2 nitrogen and oxygen atoms in total. The first-order chi connectivity index (χ1) is 7.04. The number of carboxylic acids is 1. The van der Waals surface area contributed by atoms with Gasteiger partial charge in [0, 0.05) is 4.90 Å². The van der Waals surface area contributed by atoms with Crippen molar-refractivity contribution < 1.29 is 9.90 Å². The van der Waals surface area contributed by atoms with Crippen molar-refractivity contribution in [3.05, 3.63) is 29.8 Å². The van der Waals surface area contributed by atoms with Crippen LogP contribution in [0.2, 0.25) is 0 Å². The number of aliphatic carboxylic acids is 1. The normalized spacial score (nSPS) is 28.8. The van der Waals surface area contributed by atoms with Gasteiger partial charge in [-0.2, -0.15) is 0 Å². The van der Waals surface area contributed by atoms with E-state index in [1.807, 2.05) is 38.1 Å². The maximum atomic E-state index is 11.1. The van der Waals surface area contributed by atoms with Gasteiger partial charge in [-0.05, 0) is 31.4 Å². The van der Waals surface area contributed by atoms with Crippen LogP contribution in [-0.4, -0.2) is 15.8 Å². The summed E-state index contributed by atoms with van der Waals surface area (Å²) in [7, 11) is 0. The Bertz CT molecular complexity index is 385. The van der Waals surface area contributed by atoms with Gasteiger partial charge in [0.2, 0.25) is 0 Å². The van der Waals surface area contributed by atoms with Crippen molar-refractivity contribution in [2.75, 3.05) is 0 Å². The van der Waals surface area contributed by atoms with E-state index in [9.17, 15) is 4.79 Å². The summed E-state index contributed by atoms with van der Waals surface area (Å²) in [6, 6.07) is 8.03. The molecule has 0 aliphatic heterocycles. The third-order valence-electron chi connectivity index (χ3n) is 2.93. The van der Waals surface area contributed by atoms with E-state index >= 15 is 0 Å². The minimum absolute atomic E-state index is 0.279. The van der Waals surface area contributed by atoms with Crippen LogP contribution in [0.1, 0.15) is 18.9 Å². The SMILES string of the molecule is Cc1ccc(SC2(C(=O)O)CC2C)cc1. The van der Waals surface area contributed by atoms with Crippen LogP contribution >= 0.6 is 11.8 Å². The minimum Gasteiger partial charge on any atom is -0.480 e. The number of rotatable bonds is 3. The number of hydrogen-bond donors (Lipinski definition) is 1. The van der Waals surface area contributed by atoms with Crippen LogP contribution in [0, 0.1) is 12.8 Å². The van der Waals surface area contributed by atoms with Gasteiger partial charge in [0.25, 0.3) is 0 Å². The molecule has 0 aromatic heterocycles. The van der Waals surface area contributed by atoms with Crippen molar-refractivity contribution in [1.82, 2.24) is 0 Å². The molecule has 0 radical (unpaired) electrons. The molecular formula is C12H14O2S. The molecule has 1 fully saturated rings. The Labute approximate surface area is 93.7 Å². The second-order valence-electron chi connectivity index (χ2n) is 4.21. The summed E-state index contributed by atoms with van der Waals surface area (Å²) >= 11 is 1.48. The highest BCUT2D eigenvalue weighted by molar-refractivity contribution is 8.01. The Morgan fingerprint density at radius 2 is 2.00 bits per heavy atom. The first-order valence-corrected chi connectivity index (χ1v) is 5.85. The summed E-state index contributed by atoms with van der Waals surface area (Å²) in [6.07, 6.45) is 0.779. The van der Waals surface area contributed by atoms with Crippen LogP contribution in [0.3, 0.4) is 0 Å². The molecule has 1 saturated carbocycles. The molecule has 1 N–H and O–H groups in total. The molecule has 1 aromatic carbocycles. The largest absolute Gasteiger partial charge is 0.480 e. The van der Waals surface area contributed by atoms with Gasteiger partial charge < -0.3 is 5.11 Å². The number of thioether (sulfide) groups is 1. The number of benzene rings is 1. The molecule has 1 aliphatic carbocycles. The summed E-state index contributed by atoms with van der Waals surface area (Å²) < 4.78 is -0.560. The van der Waals surface area contributed by atoms with E-state index in [1.165, 1.54) is 17.3 Å². The van der Waals surface area contributed by atoms with Crippen LogP contribution in [-0.2, 0) is 4.79 Å². The maximum absolute atomic E-state index is 11.1. The Morgan fingerprint density at radius 3 is 2.40 bits per heavy atom. The smallest absolute Gasteiger partial charge is 0.320 e. The van der Waals surface area contributed by atoms with E-state index in [4.69, 9.17) is 5.11 Å². The van der Waals surface area contributed by atoms with Gasteiger partial charge in [-0.25, -0.2) is 0 Å². The Hall–Kier alpha value is -0.960. The van der Waals surface area contributed by atoms with E-state index in [1.54, 1.807) is 0 Å². The van der Waals surface area contributed by atoms with Crippen molar-refractivity contribution >= 4 is 17.7 Å². The van der Waals surface area contributed by atoms with Crippen LogP contribution in [0.4, 0.5) is 0 Å². The maximum Gasteiger partial charge on any atom is 0.320 e. The molecule has 0 spiro atoms. The van der Waals surface area contributed by atoms with E-state index in [2.05, 4.69) is 0 Å². The van der Waals surface area contributed by atoms with Crippen LogP contribution < -0.4 is 0 Å². The molecule has 0 heterocycles. The highest BCUT2D eigenvalue weighted by Crippen LogP contribution is 2.56. The quantitative estimate of drug-likeness (QED) is 0.854. The van der Waals surface area contributed by atoms with Gasteiger partial charge in [0.1, 0.15) is 4.75 Å². The van der Waals surface area contributed by atoms with Crippen molar-refractivity contribution in [2.24, 2.45) is 5.92 Å². The first-order valence-electron chi connectivity index (χ1n) is 5.04. The molecule has 1 aromatic rings. The van der Waals surface area contributed by atoms with Crippen LogP contribution in [0.25, 0.3) is 0 Å². The highest BCUT2D eigenvalue weighted by Gasteiger charge is 2.58. The fourth-order valence-electron chi connectivity index (χ4n) is 1.70. The van der Waals surface area contributed by atoms with Gasteiger partial charge in [-0.3, -0.25) is 4.79 Å².